The Morgan fingerprint density at radius 2 is 1.81 bits per heavy atom. The molecule has 9 heteroatoms. The Morgan fingerprint density at radius 1 is 1.14 bits per heavy atom. The number of aliphatic carboxylic acids is 1. The molecule has 1 aliphatic heterocycles. The molecule has 0 saturated carbocycles. The number of hydrogen-bond acceptors (Lipinski definition) is 7. The van der Waals surface area contributed by atoms with E-state index in [9.17, 15) is 19.5 Å². The Kier molecular flexibility index (Phi) is 7.87. The second-order valence-corrected chi connectivity index (χ2v) is 8.43. The number of nitrogens with one attached hydrogen (secondary N) is 1. The number of esters is 1. The van der Waals surface area contributed by atoms with Gasteiger partial charge in [-0.15, -0.1) is 0 Å². The van der Waals surface area contributed by atoms with E-state index in [0.717, 1.165) is 10.5 Å². The fourth-order valence-electron chi connectivity index (χ4n) is 4.27. The number of carbonyl (C=O) groups is 3. The number of ether oxygens (including phenoxy) is 3. The number of rotatable bonds is 11. The van der Waals surface area contributed by atoms with Crippen LogP contribution in [-0.2, 0) is 38.5 Å². The fraction of sp³-hybridized carbons (Fsp3) is 0.444. The van der Waals surface area contributed by atoms with Gasteiger partial charge < -0.3 is 24.2 Å². The van der Waals surface area contributed by atoms with Gasteiger partial charge in [-0.2, -0.15) is 0 Å². The van der Waals surface area contributed by atoms with Gasteiger partial charge in [-0.1, -0.05) is 30.3 Å². The monoisotopic (exact) mass is 502 g/mol. The van der Waals surface area contributed by atoms with Gasteiger partial charge in [0.2, 0.25) is 5.91 Å². The average molecular weight is 503 g/mol. The largest absolute Gasteiger partial charge is 0.493 e. The predicted molar refractivity (Wildman–Crippen MR) is 133 cm³/mol. The lowest BCUT2D eigenvalue weighted by Gasteiger charge is -2.37. The van der Waals surface area contributed by atoms with Gasteiger partial charge >= 0.3 is 11.9 Å². The van der Waals surface area contributed by atoms with Crippen molar-refractivity contribution < 1.29 is 37.8 Å². The molecule has 0 spiro atoms. The zero-order valence-electron chi connectivity index (χ0n) is 23.7. The number of aryl methyl sites for hydroxylation is 1. The fourth-order valence-corrected chi connectivity index (χ4v) is 4.27. The zero-order valence-corrected chi connectivity index (χ0v) is 20.7. The van der Waals surface area contributed by atoms with Crippen LogP contribution >= 0.6 is 0 Å². The summed E-state index contributed by atoms with van der Waals surface area (Å²) in [5.41, 5.74) is 2.18. The number of fused-ring (bicyclic) bond motifs is 1. The van der Waals surface area contributed by atoms with Crippen molar-refractivity contribution in [3.63, 3.8) is 0 Å². The molecule has 0 unspecified atom stereocenters. The topological polar surface area (TPSA) is 114 Å². The van der Waals surface area contributed by atoms with Crippen LogP contribution in [0.2, 0.25) is 0 Å². The molecular weight excluding hydrogens is 465 g/mol. The van der Waals surface area contributed by atoms with Crippen LogP contribution in [0.25, 0.3) is 0 Å². The minimum atomic E-state index is -2.88. The minimum absolute atomic E-state index is 0.0558. The highest BCUT2D eigenvalue weighted by Gasteiger charge is 2.38. The van der Waals surface area contributed by atoms with E-state index in [2.05, 4.69) is 5.32 Å². The van der Waals surface area contributed by atoms with E-state index in [1.165, 1.54) is 14.2 Å². The molecule has 1 aliphatic rings. The van der Waals surface area contributed by atoms with Gasteiger partial charge in [-0.25, -0.2) is 4.79 Å². The zero-order chi connectivity index (χ0) is 28.7. The standard InChI is InChI=1S/C27H34N2O7/c1-5-36-27(33)21(12-11-18-9-7-6-8-10-18)28-17(2)25(30)29-16-20-15-24(35-4)23(34-3)14-19(20)13-22(29)26(31)32/h6-10,14-15,17,21-22,28H,5,11-13,16H2,1-4H3,(H,31,32)/t17-,21-,22-/m0/s1/i2+1D3. The number of amides is 1. The maximum Gasteiger partial charge on any atom is 0.326 e. The molecule has 2 N–H and O–H groups in total. The molecule has 9 nitrogen and oxygen atoms in total. The van der Waals surface area contributed by atoms with Crippen molar-refractivity contribution in [2.45, 2.75) is 57.7 Å². The molecule has 1 amide bonds. The Morgan fingerprint density at radius 3 is 2.39 bits per heavy atom. The molecule has 2 aromatic carbocycles. The summed E-state index contributed by atoms with van der Waals surface area (Å²) in [7, 11) is 2.91. The lowest BCUT2D eigenvalue weighted by atomic mass is 9.92. The van der Waals surface area contributed by atoms with Crippen molar-refractivity contribution in [1.82, 2.24) is 10.2 Å². The van der Waals surface area contributed by atoms with E-state index >= 15 is 0 Å². The van der Waals surface area contributed by atoms with Crippen LogP contribution in [0, 0.1) is 0 Å². The molecule has 0 aromatic heterocycles. The summed E-state index contributed by atoms with van der Waals surface area (Å²) in [6.45, 7) is -1.34. The van der Waals surface area contributed by atoms with Gasteiger partial charge in [0.1, 0.15) is 12.1 Å². The van der Waals surface area contributed by atoms with E-state index in [-0.39, 0.29) is 26.0 Å². The van der Waals surface area contributed by atoms with Crippen LogP contribution in [0.15, 0.2) is 42.5 Å². The third kappa shape index (κ3) is 6.34. The van der Waals surface area contributed by atoms with Crippen LogP contribution in [0.5, 0.6) is 11.5 Å². The predicted octanol–water partition coefficient (Wildman–Crippen LogP) is 2.58. The van der Waals surface area contributed by atoms with Crippen molar-refractivity contribution in [2.75, 3.05) is 20.8 Å². The van der Waals surface area contributed by atoms with Gasteiger partial charge in [-0.05, 0) is 55.4 Å². The number of benzene rings is 2. The lowest BCUT2D eigenvalue weighted by molar-refractivity contribution is -0.153. The van der Waals surface area contributed by atoms with Crippen LogP contribution in [0.1, 0.15) is 41.0 Å². The molecule has 0 saturated heterocycles. The highest BCUT2D eigenvalue weighted by atomic mass is 16.5. The average Bonchev–Trinajstić information content (AvgIpc) is 2.91. The molecule has 3 atom stereocenters. The minimum Gasteiger partial charge on any atom is -0.493 e. The summed E-state index contributed by atoms with van der Waals surface area (Å²) in [6, 6.07) is 8.34. The molecule has 0 bridgehead atoms. The van der Waals surface area contributed by atoms with Crippen LogP contribution in [0.4, 0.5) is 0 Å². The van der Waals surface area contributed by atoms with Crippen molar-refractivity contribution in [3.8, 4) is 11.5 Å². The normalized spacial score (nSPS) is 18.0. The molecule has 36 heavy (non-hydrogen) atoms. The third-order valence-corrected chi connectivity index (χ3v) is 6.15. The van der Waals surface area contributed by atoms with Crippen LogP contribution in [-0.4, -0.2) is 66.8 Å². The maximum absolute atomic E-state index is 13.8. The summed E-state index contributed by atoms with van der Waals surface area (Å²) in [6.07, 6.45) is 0.542. The second kappa shape index (κ2) is 12.4. The molecule has 194 valence electrons. The summed E-state index contributed by atoms with van der Waals surface area (Å²) in [5.74, 6) is -2.11. The van der Waals surface area contributed by atoms with Gasteiger partial charge in [0.15, 0.2) is 11.5 Å². The number of nitrogens with zero attached hydrogens (tertiary/aromatic N) is 1. The highest BCUT2D eigenvalue weighted by Crippen LogP contribution is 2.35. The first-order valence-electron chi connectivity index (χ1n) is 13.2. The van der Waals surface area contributed by atoms with Gasteiger partial charge in [0.05, 0.1) is 26.9 Å². The Bertz CT molecular complexity index is 1170. The van der Waals surface area contributed by atoms with Gasteiger partial charge in [0.25, 0.3) is 0 Å². The van der Waals surface area contributed by atoms with Gasteiger partial charge in [0, 0.05) is 17.1 Å². The summed E-state index contributed by atoms with van der Waals surface area (Å²) < 4.78 is 40.1. The first-order valence-corrected chi connectivity index (χ1v) is 11.7. The number of hydrogen-bond donors (Lipinski definition) is 2. The summed E-state index contributed by atoms with van der Waals surface area (Å²) >= 11 is 0. The molecule has 2 aromatic rings. The van der Waals surface area contributed by atoms with Gasteiger partial charge in [-0.3, -0.25) is 14.9 Å². The maximum atomic E-state index is 13.8. The number of carboxylic acids is 1. The van der Waals surface area contributed by atoms with E-state index < -0.39 is 42.8 Å². The smallest absolute Gasteiger partial charge is 0.326 e. The number of carbonyl (C=O) groups excluding carboxylic acids is 2. The molecule has 3 rings (SSSR count). The van der Waals surface area contributed by atoms with Crippen molar-refractivity contribution in [2.24, 2.45) is 0 Å². The first-order chi connectivity index (χ1) is 18.5. The van der Waals surface area contributed by atoms with Crippen molar-refractivity contribution in [3.05, 3.63) is 59.2 Å². The molecule has 0 radical (unpaired) electrons. The molecule has 0 aliphatic carbocycles. The number of methoxy groups -OCH3 is 2. The number of carboxylic acid groups (broad SMARTS) is 1. The highest BCUT2D eigenvalue weighted by molar-refractivity contribution is 5.88. The van der Waals surface area contributed by atoms with Crippen LogP contribution in [0.3, 0.4) is 0 Å². The molecule has 0 fully saturated rings. The second-order valence-electron chi connectivity index (χ2n) is 8.43. The Labute approximate surface area is 215 Å². The SMILES string of the molecule is [2H][13C]([2H])([2H])[C@H](N[C@@H](CCc1ccccc1)C(=O)OCC)C(=O)N1Cc2cc(OC)c(OC)cc2C[C@H]1C(=O)O. The molecule has 1 heterocycles. The van der Waals surface area contributed by atoms with Crippen LogP contribution < -0.4 is 14.8 Å². The third-order valence-electron chi connectivity index (χ3n) is 6.15. The summed E-state index contributed by atoms with van der Waals surface area (Å²) in [4.78, 5) is 39.8. The first kappa shape index (κ1) is 22.8. The van der Waals surface area contributed by atoms with E-state index in [4.69, 9.17) is 18.3 Å². The van der Waals surface area contributed by atoms with Crippen molar-refractivity contribution >= 4 is 17.8 Å². The van der Waals surface area contributed by atoms with E-state index in [1.807, 2.05) is 30.3 Å². The quantitative estimate of drug-likeness (QED) is 0.356. The Hall–Kier alpha value is -3.59. The summed E-state index contributed by atoms with van der Waals surface area (Å²) in [5, 5.41) is 12.7. The lowest BCUT2D eigenvalue weighted by Crippen LogP contribution is -2.56. The molecular formula is C27H34N2O7. The van der Waals surface area contributed by atoms with E-state index in [1.54, 1.807) is 19.1 Å². The van der Waals surface area contributed by atoms with Crippen molar-refractivity contribution in [1.29, 1.82) is 0 Å². The Balaban J connectivity index is 1.92. The van der Waals surface area contributed by atoms with E-state index in [0.29, 0.717) is 29.0 Å².